The van der Waals surface area contributed by atoms with E-state index < -0.39 is 6.43 Å². The molecular formula is C11H9BrF2N2. The molecule has 1 heterocycles. The van der Waals surface area contributed by atoms with Gasteiger partial charge in [0.25, 0.3) is 6.43 Å². The number of rotatable bonds is 2. The molecule has 0 unspecified atom stereocenters. The van der Waals surface area contributed by atoms with Crippen molar-refractivity contribution in [3.05, 3.63) is 40.5 Å². The van der Waals surface area contributed by atoms with E-state index in [0.717, 1.165) is 4.47 Å². The first-order valence-corrected chi connectivity index (χ1v) is 5.45. The van der Waals surface area contributed by atoms with Crippen molar-refractivity contribution in [1.29, 1.82) is 0 Å². The van der Waals surface area contributed by atoms with Crippen LogP contribution in [0.3, 0.4) is 0 Å². The number of halogens is 3. The minimum absolute atomic E-state index is 0.0469. The van der Waals surface area contributed by atoms with Crippen LogP contribution in [-0.2, 0) is 7.05 Å². The fourth-order valence-corrected chi connectivity index (χ4v) is 2.00. The van der Waals surface area contributed by atoms with Crippen LogP contribution < -0.4 is 0 Å². The summed E-state index contributed by atoms with van der Waals surface area (Å²) in [5.41, 5.74) is 0.956. The van der Waals surface area contributed by atoms with Crippen molar-refractivity contribution in [2.45, 2.75) is 6.43 Å². The van der Waals surface area contributed by atoms with Crippen LogP contribution >= 0.6 is 15.9 Å². The zero-order valence-electron chi connectivity index (χ0n) is 8.49. The average molecular weight is 287 g/mol. The Labute approximate surface area is 100 Å². The van der Waals surface area contributed by atoms with E-state index >= 15 is 0 Å². The highest BCUT2D eigenvalue weighted by molar-refractivity contribution is 9.10. The first-order chi connectivity index (χ1) is 7.59. The second-order valence-electron chi connectivity index (χ2n) is 3.39. The quantitative estimate of drug-likeness (QED) is 0.821. The van der Waals surface area contributed by atoms with Crippen molar-refractivity contribution in [3.8, 4) is 11.3 Å². The molecule has 1 aromatic heterocycles. The molecule has 2 nitrogen and oxygen atoms in total. The van der Waals surface area contributed by atoms with E-state index in [1.165, 1.54) is 10.9 Å². The molecule has 0 saturated carbocycles. The van der Waals surface area contributed by atoms with Crippen LogP contribution in [0.1, 0.15) is 12.0 Å². The number of hydrogen-bond donors (Lipinski definition) is 0. The van der Waals surface area contributed by atoms with Crippen LogP contribution in [0.4, 0.5) is 8.78 Å². The summed E-state index contributed by atoms with van der Waals surface area (Å²) in [5.74, 6) is 0. The molecule has 0 aliphatic heterocycles. The maximum Gasteiger partial charge on any atom is 0.267 e. The Morgan fingerprint density at radius 1 is 1.31 bits per heavy atom. The summed E-state index contributed by atoms with van der Waals surface area (Å²) < 4.78 is 27.7. The number of alkyl halides is 2. The number of hydrogen-bond acceptors (Lipinski definition) is 1. The van der Waals surface area contributed by atoms with E-state index in [9.17, 15) is 8.78 Å². The van der Waals surface area contributed by atoms with Crippen LogP contribution in [0.25, 0.3) is 11.3 Å². The van der Waals surface area contributed by atoms with E-state index in [0.29, 0.717) is 11.3 Å². The normalized spacial score (nSPS) is 11.1. The summed E-state index contributed by atoms with van der Waals surface area (Å²) >= 11 is 3.33. The van der Waals surface area contributed by atoms with Gasteiger partial charge in [-0.1, -0.05) is 34.1 Å². The van der Waals surface area contributed by atoms with Gasteiger partial charge in [0, 0.05) is 23.3 Å². The molecule has 2 aromatic rings. The fraction of sp³-hybridized carbons (Fsp3) is 0.182. The Morgan fingerprint density at radius 3 is 2.62 bits per heavy atom. The molecule has 5 heteroatoms. The second kappa shape index (κ2) is 4.33. The SMILES string of the molecule is Cn1cc(C(F)F)c(-c2ccccc2Br)n1. The molecule has 2 rings (SSSR count). The van der Waals surface area contributed by atoms with Crippen molar-refractivity contribution in [2.75, 3.05) is 0 Å². The monoisotopic (exact) mass is 286 g/mol. The lowest BCUT2D eigenvalue weighted by atomic mass is 10.1. The third-order valence-electron chi connectivity index (χ3n) is 2.22. The summed E-state index contributed by atoms with van der Waals surface area (Å²) in [7, 11) is 1.63. The van der Waals surface area contributed by atoms with Crippen molar-refractivity contribution in [1.82, 2.24) is 9.78 Å². The molecule has 84 valence electrons. The van der Waals surface area contributed by atoms with Crippen LogP contribution in [0.15, 0.2) is 34.9 Å². The molecule has 16 heavy (non-hydrogen) atoms. The highest BCUT2D eigenvalue weighted by Crippen LogP contribution is 2.33. The highest BCUT2D eigenvalue weighted by Gasteiger charge is 2.19. The van der Waals surface area contributed by atoms with Crippen molar-refractivity contribution in [3.63, 3.8) is 0 Å². The first-order valence-electron chi connectivity index (χ1n) is 4.66. The third-order valence-corrected chi connectivity index (χ3v) is 2.91. The lowest BCUT2D eigenvalue weighted by molar-refractivity contribution is 0.152. The highest BCUT2D eigenvalue weighted by atomic mass is 79.9. The van der Waals surface area contributed by atoms with Gasteiger partial charge in [0.1, 0.15) is 5.69 Å². The number of benzene rings is 1. The maximum atomic E-state index is 12.8. The summed E-state index contributed by atoms with van der Waals surface area (Å²) in [5, 5.41) is 4.07. The Morgan fingerprint density at radius 2 is 2.00 bits per heavy atom. The largest absolute Gasteiger partial charge is 0.275 e. The fourth-order valence-electron chi connectivity index (χ4n) is 1.53. The summed E-state index contributed by atoms with van der Waals surface area (Å²) in [4.78, 5) is 0. The minimum Gasteiger partial charge on any atom is -0.275 e. The Hall–Kier alpha value is -1.23. The molecule has 0 N–H and O–H groups in total. The van der Waals surface area contributed by atoms with Gasteiger partial charge in [-0.05, 0) is 6.07 Å². The molecule has 0 aliphatic rings. The molecule has 0 radical (unpaired) electrons. The lowest BCUT2D eigenvalue weighted by Crippen LogP contribution is -1.89. The predicted molar refractivity (Wildman–Crippen MR) is 61.3 cm³/mol. The van der Waals surface area contributed by atoms with Gasteiger partial charge >= 0.3 is 0 Å². The summed E-state index contributed by atoms with van der Waals surface area (Å²) in [6, 6.07) is 7.19. The zero-order valence-corrected chi connectivity index (χ0v) is 10.1. The van der Waals surface area contributed by atoms with Crippen molar-refractivity contribution < 1.29 is 8.78 Å². The predicted octanol–water partition coefficient (Wildman–Crippen LogP) is 3.79. The van der Waals surface area contributed by atoms with Crippen LogP contribution in [0.2, 0.25) is 0 Å². The Bertz CT molecular complexity index is 508. The average Bonchev–Trinajstić information content (AvgIpc) is 2.61. The van der Waals surface area contributed by atoms with Gasteiger partial charge in [0.05, 0.1) is 5.56 Å². The van der Waals surface area contributed by atoms with E-state index in [4.69, 9.17) is 0 Å². The van der Waals surface area contributed by atoms with Crippen LogP contribution in [-0.4, -0.2) is 9.78 Å². The summed E-state index contributed by atoms with van der Waals surface area (Å²) in [6.07, 6.45) is -1.17. The zero-order chi connectivity index (χ0) is 11.7. The molecule has 0 saturated heterocycles. The number of nitrogens with zero attached hydrogens (tertiary/aromatic N) is 2. The molecule has 0 fully saturated rings. The molecule has 0 atom stereocenters. The van der Waals surface area contributed by atoms with E-state index in [2.05, 4.69) is 21.0 Å². The molecule has 0 bridgehead atoms. The molecular weight excluding hydrogens is 278 g/mol. The third kappa shape index (κ3) is 2.00. The number of aryl methyl sites for hydroxylation is 1. The second-order valence-corrected chi connectivity index (χ2v) is 4.24. The van der Waals surface area contributed by atoms with E-state index in [1.54, 1.807) is 25.2 Å². The lowest BCUT2D eigenvalue weighted by Gasteiger charge is -2.03. The minimum atomic E-state index is -2.52. The van der Waals surface area contributed by atoms with Gasteiger partial charge in [0.15, 0.2) is 0 Å². The van der Waals surface area contributed by atoms with Gasteiger partial charge < -0.3 is 0 Å². The molecule has 0 amide bonds. The van der Waals surface area contributed by atoms with Gasteiger partial charge in [-0.15, -0.1) is 0 Å². The van der Waals surface area contributed by atoms with Crippen LogP contribution in [0, 0.1) is 0 Å². The van der Waals surface area contributed by atoms with E-state index in [-0.39, 0.29) is 5.56 Å². The van der Waals surface area contributed by atoms with Crippen LogP contribution in [0.5, 0.6) is 0 Å². The van der Waals surface area contributed by atoms with Crippen molar-refractivity contribution >= 4 is 15.9 Å². The molecule has 0 spiro atoms. The van der Waals surface area contributed by atoms with E-state index in [1.807, 2.05) is 6.07 Å². The maximum absolute atomic E-state index is 12.8. The van der Waals surface area contributed by atoms with Gasteiger partial charge in [-0.2, -0.15) is 5.10 Å². The first kappa shape index (κ1) is 11.3. The molecule has 0 aliphatic carbocycles. The number of aromatic nitrogens is 2. The van der Waals surface area contributed by atoms with Gasteiger partial charge in [0.2, 0.25) is 0 Å². The van der Waals surface area contributed by atoms with Gasteiger partial charge in [-0.25, -0.2) is 8.78 Å². The Balaban J connectivity index is 2.60. The Kier molecular flexibility index (Phi) is 3.05. The van der Waals surface area contributed by atoms with Crippen molar-refractivity contribution in [2.24, 2.45) is 7.05 Å². The molecule has 1 aromatic carbocycles. The summed E-state index contributed by atoms with van der Waals surface area (Å²) in [6.45, 7) is 0. The standard InChI is InChI=1S/C11H9BrF2N2/c1-16-6-8(11(13)14)10(15-16)7-4-2-3-5-9(7)12/h2-6,11H,1H3. The smallest absolute Gasteiger partial charge is 0.267 e. The topological polar surface area (TPSA) is 17.8 Å². The van der Waals surface area contributed by atoms with Gasteiger partial charge in [-0.3, -0.25) is 4.68 Å².